The van der Waals surface area contributed by atoms with Crippen LogP contribution >= 0.6 is 0 Å². The fourth-order valence-electron chi connectivity index (χ4n) is 2.61. The number of aromatic amines is 1. The Morgan fingerprint density at radius 3 is 2.60 bits per heavy atom. The second-order valence-electron chi connectivity index (χ2n) is 5.31. The van der Waals surface area contributed by atoms with E-state index in [1.807, 2.05) is 0 Å². The van der Waals surface area contributed by atoms with Crippen molar-refractivity contribution < 1.29 is 19.5 Å². The van der Waals surface area contributed by atoms with E-state index in [0.29, 0.717) is 35.6 Å². The highest BCUT2D eigenvalue weighted by atomic mass is 16.6. The summed E-state index contributed by atoms with van der Waals surface area (Å²) in [6, 6.07) is 9.38. The first kappa shape index (κ1) is 14.9. The monoisotopic (exact) mass is 340 g/mol. The van der Waals surface area contributed by atoms with Crippen molar-refractivity contribution in [1.82, 2.24) is 4.98 Å². The van der Waals surface area contributed by atoms with Gasteiger partial charge >= 0.3 is 0 Å². The highest BCUT2D eigenvalue weighted by Gasteiger charge is 2.19. The number of rotatable bonds is 3. The van der Waals surface area contributed by atoms with E-state index < -0.39 is 4.92 Å². The Kier molecular flexibility index (Phi) is 3.46. The summed E-state index contributed by atoms with van der Waals surface area (Å²) in [5, 5.41) is 29.6. The largest absolute Gasteiger partial charge is 0.493 e. The third-order valence-electron chi connectivity index (χ3n) is 3.75. The van der Waals surface area contributed by atoms with Crippen molar-refractivity contribution in [2.24, 2.45) is 10.2 Å². The highest BCUT2D eigenvalue weighted by molar-refractivity contribution is 5.96. The molecular weight excluding hydrogens is 328 g/mol. The number of nitro benzene ring substituents is 1. The van der Waals surface area contributed by atoms with Crippen LogP contribution < -0.4 is 9.47 Å². The van der Waals surface area contributed by atoms with Crippen LogP contribution in [0.1, 0.15) is 0 Å². The molecule has 2 N–H and O–H groups in total. The van der Waals surface area contributed by atoms with E-state index >= 15 is 0 Å². The van der Waals surface area contributed by atoms with Gasteiger partial charge in [0.1, 0.15) is 13.2 Å². The zero-order valence-electron chi connectivity index (χ0n) is 12.8. The molecule has 1 aliphatic heterocycles. The van der Waals surface area contributed by atoms with Gasteiger partial charge in [0.15, 0.2) is 22.9 Å². The van der Waals surface area contributed by atoms with Gasteiger partial charge in [-0.15, -0.1) is 10.2 Å². The van der Waals surface area contributed by atoms with Crippen molar-refractivity contribution in [3.05, 3.63) is 46.5 Å². The molecule has 25 heavy (non-hydrogen) atoms. The van der Waals surface area contributed by atoms with Crippen LogP contribution in [0.25, 0.3) is 10.9 Å². The minimum Gasteiger partial charge on any atom is -0.493 e. The van der Waals surface area contributed by atoms with Crippen molar-refractivity contribution in [2.45, 2.75) is 0 Å². The second-order valence-corrected chi connectivity index (χ2v) is 5.31. The normalized spacial score (nSPS) is 13.4. The van der Waals surface area contributed by atoms with Gasteiger partial charge in [-0.3, -0.25) is 10.1 Å². The predicted molar refractivity (Wildman–Crippen MR) is 88.2 cm³/mol. The Hall–Kier alpha value is -3.62. The van der Waals surface area contributed by atoms with Crippen molar-refractivity contribution >= 4 is 28.0 Å². The summed E-state index contributed by atoms with van der Waals surface area (Å²) in [6.45, 7) is 0.886. The molecular formula is C16H12N4O5. The average molecular weight is 340 g/mol. The van der Waals surface area contributed by atoms with Gasteiger partial charge in [-0.1, -0.05) is 12.1 Å². The molecule has 0 saturated heterocycles. The van der Waals surface area contributed by atoms with Crippen molar-refractivity contribution in [2.75, 3.05) is 13.2 Å². The van der Waals surface area contributed by atoms with Gasteiger partial charge in [-0.05, 0) is 12.1 Å². The van der Waals surface area contributed by atoms with Crippen molar-refractivity contribution in [1.29, 1.82) is 0 Å². The van der Waals surface area contributed by atoms with Crippen LogP contribution in [-0.4, -0.2) is 28.2 Å². The standard InChI is InChI=1S/C16H12N4O5/c21-16-15(19-18-10-3-1-2-4-12(10)20(22)23)9-7-13-14(8-11(9)17-16)25-6-5-24-13/h1-4,7-8,17,21H,5-6H2. The van der Waals surface area contributed by atoms with E-state index in [0.717, 1.165) is 0 Å². The number of ether oxygens (including phenoxy) is 2. The van der Waals surface area contributed by atoms with Crippen molar-refractivity contribution in [3.8, 4) is 17.4 Å². The summed E-state index contributed by atoms with van der Waals surface area (Å²) in [5.74, 6) is 0.918. The number of nitro groups is 1. The lowest BCUT2D eigenvalue weighted by Gasteiger charge is -2.18. The maximum Gasteiger partial charge on any atom is 0.296 e. The quantitative estimate of drug-likeness (QED) is 0.424. The Morgan fingerprint density at radius 2 is 1.84 bits per heavy atom. The van der Waals surface area contributed by atoms with Crippen LogP contribution in [0.3, 0.4) is 0 Å². The fourth-order valence-corrected chi connectivity index (χ4v) is 2.61. The van der Waals surface area contributed by atoms with Crippen LogP contribution in [0.4, 0.5) is 17.1 Å². The first-order chi connectivity index (χ1) is 12.1. The molecule has 0 fully saturated rings. The molecule has 0 saturated carbocycles. The molecule has 0 amide bonds. The van der Waals surface area contributed by atoms with Gasteiger partial charge in [0.2, 0.25) is 5.88 Å². The van der Waals surface area contributed by atoms with Crippen LogP contribution in [0.2, 0.25) is 0 Å². The number of para-hydroxylation sites is 1. The molecule has 1 aliphatic rings. The van der Waals surface area contributed by atoms with E-state index in [1.54, 1.807) is 24.3 Å². The molecule has 3 aromatic rings. The summed E-state index contributed by atoms with van der Waals surface area (Å²) in [4.78, 5) is 13.3. The number of H-pyrrole nitrogens is 1. The first-order valence-electron chi connectivity index (χ1n) is 7.43. The molecule has 0 spiro atoms. The minimum absolute atomic E-state index is 0.0961. The van der Waals surface area contributed by atoms with Gasteiger partial charge in [0, 0.05) is 17.5 Å². The molecule has 2 heterocycles. The smallest absolute Gasteiger partial charge is 0.296 e. The minimum atomic E-state index is -0.537. The molecule has 0 aliphatic carbocycles. The number of hydrogen-bond acceptors (Lipinski definition) is 7. The molecule has 1 aromatic heterocycles. The summed E-state index contributed by atoms with van der Waals surface area (Å²) in [7, 11) is 0. The maximum absolute atomic E-state index is 11.0. The predicted octanol–water partition coefficient (Wildman–Crippen LogP) is 3.97. The SMILES string of the molecule is O=[N+]([O-])c1ccccc1N=Nc1c(O)[nH]c2cc3c(cc12)OCCO3. The molecule has 0 unspecified atom stereocenters. The Labute approximate surface area is 140 Å². The molecule has 9 nitrogen and oxygen atoms in total. The van der Waals surface area contributed by atoms with E-state index in [4.69, 9.17) is 9.47 Å². The van der Waals surface area contributed by atoms with Gasteiger partial charge in [0.05, 0.1) is 10.4 Å². The van der Waals surface area contributed by atoms with E-state index in [2.05, 4.69) is 15.2 Å². The highest BCUT2D eigenvalue weighted by Crippen LogP contribution is 2.43. The van der Waals surface area contributed by atoms with E-state index in [-0.39, 0.29) is 22.9 Å². The van der Waals surface area contributed by atoms with Gasteiger partial charge in [0.25, 0.3) is 5.69 Å². The Morgan fingerprint density at radius 1 is 1.12 bits per heavy atom. The third-order valence-corrected chi connectivity index (χ3v) is 3.75. The maximum atomic E-state index is 11.0. The summed E-state index contributed by atoms with van der Waals surface area (Å²) >= 11 is 0. The lowest BCUT2D eigenvalue weighted by Crippen LogP contribution is -2.15. The second kappa shape index (κ2) is 5.78. The summed E-state index contributed by atoms with van der Waals surface area (Å²) < 4.78 is 11.0. The Bertz CT molecular complexity index is 1010. The van der Waals surface area contributed by atoms with Crippen LogP contribution in [0, 0.1) is 10.1 Å². The zero-order valence-corrected chi connectivity index (χ0v) is 12.8. The topological polar surface area (TPSA) is 122 Å². The molecule has 4 rings (SSSR count). The summed E-state index contributed by atoms with van der Waals surface area (Å²) in [6.07, 6.45) is 0. The molecule has 0 bridgehead atoms. The zero-order chi connectivity index (χ0) is 17.4. The Balaban J connectivity index is 1.79. The molecule has 2 aromatic carbocycles. The molecule has 0 radical (unpaired) electrons. The third kappa shape index (κ3) is 2.61. The number of nitrogens with zero attached hydrogens (tertiary/aromatic N) is 3. The van der Waals surface area contributed by atoms with Crippen LogP contribution in [0.5, 0.6) is 17.4 Å². The number of azo groups is 1. The number of hydrogen-bond donors (Lipinski definition) is 2. The number of benzene rings is 2. The number of fused-ring (bicyclic) bond motifs is 2. The lowest BCUT2D eigenvalue weighted by molar-refractivity contribution is -0.384. The van der Waals surface area contributed by atoms with Crippen LogP contribution in [0.15, 0.2) is 46.6 Å². The van der Waals surface area contributed by atoms with Crippen LogP contribution in [-0.2, 0) is 0 Å². The number of nitrogens with one attached hydrogen (secondary N) is 1. The molecule has 9 heteroatoms. The fraction of sp³-hybridized carbons (Fsp3) is 0.125. The number of aromatic nitrogens is 1. The molecule has 126 valence electrons. The van der Waals surface area contributed by atoms with Gasteiger partial charge < -0.3 is 19.6 Å². The summed E-state index contributed by atoms with van der Waals surface area (Å²) in [5.41, 5.74) is 0.696. The average Bonchev–Trinajstić information content (AvgIpc) is 2.92. The van der Waals surface area contributed by atoms with Gasteiger partial charge in [-0.25, -0.2) is 0 Å². The van der Waals surface area contributed by atoms with Gasteiger partial charge in [-0.2, -0.15) is 0 Å². The van der Waals surface area contributed by atoms with E-state index in [1.165, 1.54) is 12.1 Å². The van der Waals surface area contributed by atoms with Crippen molar-refractivity contribution in [3.63, 3.8) is 0 Å². The van der Waals surface area contributed by atoms with E-state index in [9.17, 15) is 15.2 Å². The molecule has 0 atom stereocenters. The lowest BCUT2D eigenvalue weighted by atomic mass is 10.2. The first-order valence-corrected chi connectivity index (χ1v) is 7.43. The number of aromatic hydroxyl groups is 1.